The molecular formula is C12H13F2NO2S. The fraction of sp³-hybridized carbons (Fsp3) is 0.417. The lowest BCUT2D eigenvalue weighted by atomic mass is 10.1. The molecule has 2 N–H and O–H groups in total. The first-order chi connectivity index (χ1) is 8.58. The lowest BCUT2D eigenvalue weighted by Crippen LogP contribution is -2.14. The van der Waals surface area contributed by atoms with Gasteiger partial charge >= 0.3 is 0 Å². The number of hydrogen-bond donors (Lipinski definition) is 1. The summed E-state index contributed by atoms with van der Waals surface area (Å²) >= 11 is 4.66. The monoisotopic (exact) mass is 273 g/mol. The molecule has 0 aliphatic carbocycles. The van der Waals surface area contributed by atoms with Gasteiger partial charge in [-0.3, -0.25) is 0 Å². The molecule has 98 valence electrons. The molecule has 18 heavy (non-hydrogen) atoms. The van der Waals surface area contributed by atoms with Crippen molar-refractivity contribution in [1.29, 1.82) is 0 Å². The van der Waals surface area contributed by atoms with Crippen molar-refractivity contribution in [2.45, 2.75) is 6.42 Å². The first-order valence-corrected chi connectivity index (χ1v) is 5.98. The molecule has 0 spiro atoms. The highest BCUT2D eigenvalue weighted by atomic mass is 32.1. The summed E-state index contributed by atoms with van der Waals surface area (Å²) in [6, 6.07) is 2.15. The maximum Gasteiger partial charge on any atom is 0.190 e. The summed E-state index contributed by atoms with van der Waals surface area (Å²) in [5.74, 6) is -1.80. The minimum Gasteiger partial charge on any atom is -0.487 e. The molecule has 0 radical (unpaired) electrons. The van der Waals surface area contributed by atoms with Gasteiger partial charge in [0.05, 0.1) is 13.2 Å². The van der Waals surface area contributed by atoms with E-state index in [-0.39, 0.29) is 28.8 Å². The Hall–Kier alpha value is -1.27. The van der Waals surface area contributed by atoms with Crippen LogP contribution < -0.4 is 10.5 Å². The van der Waals surface area contributed by atoms with Crippen molar-refractivity contribution in [2.75, 3.05) is 19.8 Å². The van der Waals surface area contributed by atoms with Gasteiger partial charge in [-0.25, -0.2) is 8.78 Å². The zero-order valence-corrected chi connectivity index (χ0v) is 10.4. The first kappa shape index (κ1) is 13.2. The molecule has 0 bridgehead atoms. The third-order valence-corrected chi connectivity index (χ3v) is 3.01. The predicted octanol–water partition coefficient (Wildman–Crippen LogP) is 2.01. The number of nitrogens with two attached hydrogens (primary N) is 1. The standard InChI is InChI=1S/C12H13F2NO2S/c13-9-3-8(12(15)18)4-10(14)11(9)17-6-7-1-2-16-5-7/h3-4,7H,1-2,5-6H2,(H2,15,18). The highest BCUT2D eigenvalue weighted by Gasteiger charge is 2.19. The number of benzene rings is 1. The molecule has 1 aromatic rings. The molecule has 2 rings (SSSR count). The van der Waals surface area contributed by atoms with Gasteiger partial charge < -0.3 is 15.2 Å². The molecular weight excluding hydrogens is 260 g/mol. The first-order valence-electron chi connectivity index (χ1n) is 5.57. The summed E-state index contributed by atoms with van der Waals surface area (Å²) in [5, 5.41) is 0. The van der Waals surface area contributed by atoms with E-state index >= 15 is 0 Å². The molecule has 1 aromatic carbocycles. The average Bonchev–Trinajstić information content (AvgIpc) is 2.80. The molecule has 1 atom stereocenters. The third-order valence-electron chi connectivity index (χ3n) is 2.77. The lowest BCUT2D eigenvalue weighted by Gasteiger charge is -2.12. The van der Waals surface area contributed by atoms with Crippen molar-refractivity contribution in [3.05, 3.63) is 29.3 Å². The van der Waals surface area contributed by atoms with E-state index in [2.05, 4.69) is 12.2 Å². The van der Waals surface area contributed by atoms with Crippen LogP contribution in [-0.2, 0) is 4.74 Å². The van der Waals surface area contributed by atoms with Crippen LogP contribution >= 0.6 is 12.2 Å². The summed E-state index contributed by atoms with van der Waals surface area (Å²) in [4.78, 5) is -0.0523. The Labute approximate surface area is 109 Å². The second kappa shape index (κ2) is 5.58. The van der Waals surface area contributed by atoms with Crippen molar-refractivity contribution in [1.82, 2.24) is 0 Å². The number of halogens is 2. The van der Waals surface area contributed by atoms with Crippen LogP contribution in [0.3, 0.4) is 0 Å². The van der Waals surface area contributed by atoms with Crippen molar-refractivity contribution >= 4 is 17.2 Å². The molecule has 0 saturated carbocycles. The van der Waals surface area contributed by atoms with E-state index in [1.54, 1.807) is 0 Å². The average molecular weight is 273 g/mol. The van der Waals surface area contributed by atoms with E-state index < -0.39 is 11.6 Å². The number of thiocarbonyl (C=S) groups is 1. The molecule has 1 fully saturated rings. The van der Waals surface area contributed by atoms with Crippen LogP contribution in [-0.4, -0.2) is 24.8 Å². The zero-order valence-electron chi connectivity index (χ0n) is 9.62. The molecule has 1 aliphatic rings. The molecule has 1 heterocycles. The normalized spacial score (nSPS) is 18.9. The Balaban J connectivity index is 2.10. The van der Waals surface area contributed by atoms with Gasteiger partial charge in [0.25, 0.3) is 0 Å². The maximum absolute atomic E-state index is 13.6. The van der Waals surface area contributed by atoms with Gasteiger partial charge in [0.2, 0.25) is 0 Å². The van der Waals surface area contributed by atoms with E-state index in [4.69, 9.17) is 15.2 Å². The lowest BCUT2D eigenvalue weighted by molar-refractivity contribution is 0.163. The van der Waals surface area contributed by atoms with Gasteiger partial charge in [-0.1, -0.05) is 12.2 Å². The van der Waals surface area contributed by atoms with E-state index in [1.165, 1.54) is 0 Å². The van der Waals surface area contributed by atoms with Crippen LogP contribution in [0.5, 0.6) is 5.75 Å². The van der Waals surface area contributed by atoms with Crippen LogP contribution in [0, 0.1) is 17.6 Å². The maximum atomic E-state index is 13.6. The molecule has 0 aromatic heterocycles. The minimum absolute atomic E-state index is 0.0523. The van der Waals surface area contributed by atoms with Crippen molar-refractivity contribution in [3.8, 4) is 5.75 Å². The Kier molecular flexibility index (Phi) is 4.08. The molecule has 6 heteroatoms. The van der Waals surface area contributed by atoms with Crippen molar-refractivity contribution in [2.24, 2.45) is 11.7 Å². The summed E-state index contributed by atoms with van der Waals surface area (Å²) in [6.45, 7) is 1.47. The number of hydrogen-bond acceptors (Lipinski definition) is 3. The minimum atomic E-state index is -0.795. The Morgan fingerprint density at radius 3 is 2.61 bits per heavy atom. The van der Waals surface area contributed by atoms with E-state index in [9.17, 15) is 8.78 Å². The van der Waals surface area contributed by atoms with Crippen LogP contribution in [0.4, 0.5) is 8.78 Å². The Morgan fingerprint density at radius 1 is 1.44 bits per heavy atom. The van der Waals surface area contributed by atoms with Gasteiger partial charge in [-0.2, -0.15) is 0 Å². The highest BCUT2D eigenvalue weighted by molar-refractivity contribution is 7.80. The van der Waals surface area contributed by atoms with Crippen LogP contribution in [0.25, 0.3) is 0 Å². The molecule has 0 amide bonds. The predicted molar refractivity (Wildman–Crippen MR) is 66.7 cm³/mol. The summed E-state index contributed by atoms with van der Waals surface area (Å²) < 4.78 is 37.6. The van der Waals surface area contributed by atoms with E-state index in [1.807, 2.05) is 0 Å². The smallest absolute Gasteiger partial charge is 0.190 e. The summed E-state index contributed by atoms with van der Waals surface area (Å²) in [5.41, 5.74) is 5.47. The fourth-order valence-electron chi connectivity index (χ4n) is 1.76. The molecule has 1 aliphatic heterocycles. The second-order valence-electron chi connectivity index (χ2n) is 4.17. The van der Waals surface area contributed by atoms with Gasteiger partial charge in [-0.05, 0) is 18.6 Å². The number of ether oxygens (including phenoxy) is 2. The highest BCUT2D eigenvalue weighted by Crippen LogP contribution is 2.25. The van der Waals surface area contributed by atoms with Gasteiger partial charge in [0.15, 0.2) is 17.4 Å². The quantitative estimate of drug-likeness (QED) is 0.852. The fourth-order valence-corrected chi connectivity index (χ4v) is 1.87. The molecule has 1 saturated heterocycles. The Bertz CT molecular complexity index is 438. The van der Waals surface area contributed by atoms with Crippen molar-refractivity contribution < 1.29 is 18.3 Å². The van der Waals surface area contributed by atoms with Crippen LogP contribution in [0.15, 0.2) is 12.1 Å². The second-order valence-corrected chi connectivity index (χ2v) is 4.61. The van der Waals surface area contributed by atoms with Crippen LogP contribution in [0.1, 0.15) is 12.0 Å². The largest absolute Gasteiger partial charge is 0.487 e. The summed E-state index contributed by atoms with van der Waals surface area (Å²) in [6.07, 6.45) is 0.841. The van der Waals surface area contributed by atoms with E-state index in [0.717, 1.165) is 18.6 Å². The Morgan fingerprint density at radius 2 is 2.11 bits per heavy atom. The van der Waals surface area contributed by atoms with Gasteiger partial charge in [-0.15, -0.1) is 0 Å². The van der Waals surface area contributed by atoms with Crippen molar-refractivity contribution in [3.63, 3.8) is 0 Å². The van der Waals surface area contributed by atoms with Gasteiger partial charge in [0, 0.05) is 18.1 Å². The van der Waals surface area contributed by atoms with Crippen LogP contribution in [0.2, 0.25) is 0 Å². The summed E-state index contributed by atoms with van der Waals surface area (Å²) in [7, 11) is 0. The van der Waals surface area contributed by atoms with Gasteiger partial charge in [0.1, 0.15) is 4.99 Å². The third kappa shape index (κ3) is 2.94. The number of rotatable bonds is 4. The zero-order chi connectivity index (χ0) is 13.1. The topological polar surface area (TPSA) is 44.5 Å². The molecule has 1 unspecified atom stereocenters. The van der Waals surface area contributed by atoms with E-state index in [0.29, 0.717) is 13.2 Å². The SMILES string of the molecule is NC(=S)c1cc(F)c(OCC2CCOC2)c(F)c1. The molecule has 3 nitrogen and oxygen atoms in total.